The topological polar surface area (TPSA) is 17.8 Å². The van der Waals surface area contributed by atoms with Gasteiger partial charge >= 0.3 is 0 Å². The van der Waals surface area contributed by atoms with Crippen LogP contribution in [0.4, 0.5) is 0 Å². The van der Waals surface area contributed by atoms with E-state index in [0.29, 0.717) is 0 Å². The molecule has 6 aromatic rings. The van der Waals surface area contributed by atoms with Crippen LogP contribution in [0, 0.1) is 0 Å². The fourth-order valence-electron chi connectivity index (χ4n) is 5.42. The quantitative estimate of drug-likeness (QED) is 0.256. The maximum atomic E-state index is 5.30. The van der Waals surface area contributed by atoms with Gasteiger partial charge in [0, 0.05) is 16.3 Å². The molecule has 0 saturated carbocycles. The van der Waals surface area contributed by atoms with Gasteiger partial charge in [-0.2, -0.15) is 0 Å². The van der Waals surface area contributed by atoms with Gasteiger partial charge in [0.25, 0.3) is 0 Å². The molecule has 2 heteroatoms. The second-order valence-corrected chi connectivity index (χ2v) is 8.48. The Hall–Kier alpha value is -4.17. The molecule has 0 saturated heterocycles. The smallest absolute Gasteiger partial charge is 0.142 e. The van der Waals surface area contributed by atoms with Gasteiger partial charge in [-0.05, 0) is 27.5 Å². The van der Waals surface area contributed by atoms with Gasteiger partial charge in [-0.25, -0.2) is 4.98 Å². The Morgan fingerprint density at radius 1 is 0.594 bits per heavy atom. The zero-order valence-electron chi connectivity index (χ0n) is 17.5. The fraction of sp³-hybridized carbons (Fsp3) is 0.0333. The van der Waals surface area contributed by atoms with Crippen molar-refractivity contribution in [2.24, 2.45) is 0 Å². The van der Waals surface area contributed by atoms with Crippen LogP contribution in [0.1, 0.15) is 17.2 Å². The molecular formula is C30H20N2. The van der Waals surface area contributed by atoms with Crippen molar-refractivity contribution in [2.75, 3.05) is 0 Å². The molecule has 0 bridgehead atoms. The predicted molar refractivity (Wildman–Crippen MR) is 134 cm³/mol. The zero-order chi connectivity index (χ0) is 21.2. The molecule has 1 aromatic heterocycles. The minimum atomic E-state index is -0.00401. The third kappa shape index (κ3) is 2.21. The molecular weight excluding hydrogens is 388 g/mol. The zero-order valence-corrected chi connectivity index (χ0v) is 17.5. The molecule has 1 aliphatic heterocycles. The van der Waals surface area contributed by atoms with Gasteiger partial charge in [0.1, 0.15) is 5.82 Å². The number of aromatic nitrogens is 2. The molecule has 0 radical (unpaired) electrons. The van der Waals surface area contributed by atoms with Crippen LogP contribution in [0.25, 0.3) is 49.5 Å². The van der Waals surface area contributed by atoms with Crippen molar-refractivity contribution >= 4 is 38.2 Å². The highest BCUT2D eigenvalue weighted by atomic mass is 15.1. The van der Waals surface area contributed by atoms with E-state index < -0.39 is 0 Å². The van der Waals surface area contributed by atoms with Crippen molar-refractivity contribution in [3.63, 3.8) is 0 Å². The first-order chi connectivity index (χ1) is 15.8. The molecule has 0 aliphatic carbocycles. The number of hydrogen-bond donors (Lipinski definition) is 0. The lowest BCUT2D eigenvalue weighted by Gasteiger charge is -2.31. The van der Waals surface area contributed by atoms with Gasteiger partial charge in [0.15, 0.2) is 0 Å². The van der Waals surface area contributed by atoms with Crippen LogP contribution >= 0.6 is 0 Å². The minimum Gasteiger partial charge on any atom is -0.312 e. The first-order valence-electron chi connectivity index (χ1n) is 11.0. The number of nitrogens with zero attached hydrogens (tertiary/aromatic N) is 2. The van der Waals surface area contributed by atoms with Crippen LogP contribution in [-0.4, -0.2) is 9.55 Å². The summed E-state index contributed by atoms with van der Waals surface area (Å²) in [6.45, 7) is 4.59. The Labute approximate surface area is 186 Å². The number of imidazole rings is 1. The number of rotatable bonds is 1. The maximum Gasteiger partial charge on any atom is 0.142 e. The summed E-state index contributed by atoms with van der Waals surface area (Å²) in [6.07, 6.45) is 0. The van der Waals surface area contributed by atoms with Crippen LogP contribution < -0.4 is 0 Å². The normalized spacial score (nSPS) is 15.2. The number of allylic oxidation sites excluding steroid dienone is 1. The number of benzene rings is 5. The van der Waals surface area contributed by atoms with Gasteiger partial charge in [-0.15, -0.1) is 0 Å². The Morgan fingerprint density at radius 2 is 1.16 bits per heavy atom. The van der Waals surface area contributed by atoms with Crippen molar-refractivity contribution in [1.82, 2.24) is 9.55 Å². The van der Waals surface area contributed by atoms with Crippen LogP contribution in [0.2, 0.25) is 0 Å². The molecule has 32 heavy (non-hydrogen) atoms. The molecule has 1 aliphatic rings. The fourth-order valence-corrected chi connectivity index (χ4v) is 5.42. The van der Waals surface area contributed by atoms with E-state index in [2.05, 4.69) is 114 Å². The summed E-state index contributed by atoms with van der Waals surface area (Å²) < 4.78 is 2.42. The first-order valence-corrected chi connectivity index (χ1v) is 11.0. The Morgan fingerprint density at radius 3 is 1.91 bits per heavy atom. The summed E-state index contributed by atoms with van der Waals surface area (Å²) in [5, 5.41) is 4.93. The molecule has 0 spiro atoms. The summed E-state index contributed by atoms with van der Waals surface area (Å²) >= 11 is 0. The monoisotopic (exact) mass is 408 g/mol. The van der Waals surface area contributed by atoms with E-state index >= 15 is 0 Å². The van der Waals surface area contributed by atoms with Gasteiger partial charge in [-0.1, -0.05) is 110 Å². The van der Waals surface area contributed by atoms with E-state index in [-0.39, 0.29) is 6.04 Å². The van der Waals surface area contributed by atoms with Crippen LogP contribution in [0.5, 0.6) is 0 Å². The lowest BCUT2D eigenvalue weighted by Crippen LogP contribution is -2.18. The van der Waals surface area contributed by atoms with Crippen LogP contribution in [0.15, 0.2) is 110 Å². The summed E-state index contributed by atoms with van der Waals surface area (Å²) in [7, 11) is 0. The number of fused-ring (bicyclic) bond motifs is 10. The second kappa shape index (κ2) is 6.41. The van der Waals surface area contributed by atoms with Crippen LogP contribution in [0.3, 0.4) is 0 Å². The first kappa shape index (κ1) is 17.5. The molecule has 7 rings (SSSR count). The highest BCUT2D eigenvalue weighted by Gasteiger charge is 2.32. The molecule has 1 atom stereocenters. The highest BCUT2D eigenvalue weighted by Crippen LogP contribution is 2.48. The van der Waals surface area contributed by atoms with Crippen LogP contribution in [-0.2, 0) is 0 Å². The van der Waals surface area contributed by atoms with Crippen molar-refractivity contribution in [2.45, 2.75) is 6.04 Å². The van der Waals surface area contributed by atoms with Gasteiger partial charge < -0.3 is 4.57 Å². The van der Waals surface area contributed by atoms with E-state index in [0.717, 1.165) is 22.5 Å². The van der Waals surface area contributed by atoms with E-state index in [1.807, 2.05) is 0 Å². The van der Waals surface area contributed by atoms with Gasteiger partial charge in [0.2, 0.25) is 0 Å². The predicted octanol–water partition coefficient (Wildman–Crippen LogP) is 7.63. The van der Waals surface area contributed by atoms with Crippen molar-refractivity contribution in [3.8, 4) is 11.4 Å². The van der Waals surface area contributed by atoms with E-state index in [1.165, 1.54) is 38.2 Å². The van der Waals surface area contributed by atoms with Crippen molar-refractivity contribution in [1.29, 1.82) is 0 Å². The van der Waals surface area contributed by atoms with Crippen molar-refractivity contribution < 1.29 is 0 Å². The molecule has 5 aromatic carbocycles. The lowest BCUT2D eigenvalue weighted by atomic mass is 9.87. The second-order valence-electron chi connectivity index (χ2n) is 8.48. The molecule has 150 valence electrons. The number of hydrogen-bond acceptors (Lipinski definition) is 1. The summed E-state index contributed by atoms with van der Waals surface area (Å²) in [4.78, 5) is 5.30. The average Bonchev–Trinajstić information content (AvgIpc) is 3.26. The Balaban J connectivity index is 1.74. The third-order valence-electron chi connectivity index (χ3n) is 6.78. The minimum absolute atomic E-state index is 0.00401. The molecule has 2 heterocycles. The average molecular weight is 409 g/mol. The summed E-state index contributed by atoms with van der Waals surface area (Å²) in [5.41, 5.74) is 6.89. The SMILES string of the molecule is C=C1c2ccccc2-c2nc3c4ccccc4c4ccccc4c3n2[C@@H]1c1ccccc1. The third-order valence-corrected chi connectivity index (χ3v) is 6.78. The molecule has 2 nitrogen and oxygen atoms in total. The highest BCUT2D eigenvalue weighted by molar-refractivity contribution is 6.24. The maximum absolute atomic E-state index is 5.30. The standard InChI is InChI=1S/C30H20N2/c1-19-21-13-5-10-18-26(21)30-31-27-24-16-8-6-14-22(24)23-15-7-9-17-25(23)29(27)32(30)28(19)20-11-3-2-4-12-20/h2-18,28H,1H2/t28-/m0/s1. The van der Waals surface area contributed by atoms with Gasteiger partial charge in [0.05, 0.1) is 17.1 Å². The van der Waals surface area contributed by atoms with Gasteiger partial charge in [-0.3, -0.25) is 0 Å². The van der Waals surface area contributed by atoms with Crippen molar-refractivity contribution in [3.05, 3.63) is 121 Å². The summed E-state index contributed by atoms with van der Waals surface area (Å²) in [5.74, 6) is 1.01. The molecule has 0 amide bonds. The largest absolute Gasteiger partial charge is 0.312 e. The molecule has 0 fully saturated rings. The Bertz CT molecular complexity index is 1690. The summed E-state index contributed by atoms with van der Waals surface area (Å²) in [6, 6.07) is 36.5. The van der Waals surface area contributed by atoms with E-state index in [4.69, 9.17) is 4.98 Å². The molecule has 0 unspecified atom stereocenters. The van der Waals surface area contributed by atoms with E-state index in [1.54, 1.807) is 0 Å². The lowest BCUT2D eigenvalue weighted by molar-refractivity contribution is 0.737. The molecule has 0 N–H and O–H groups in total. The Kier molecular flexibility index (Phi) is 3.51. The van der Waals surface area contributed by atoms with E-state index in [9.17, 15) is 0 Å².